The summed E-state index contributed by atoms with van der Waals surface area (Å²) in [5.74, 6) is -1.59. The fourth-order valence-electron chi connectivity index (χ4n) is 3.30. The molecule has 9 nitrogen and oxygen atoms in total. The number of hydrogen-bond acceptors (Lipinski definition) is 6. The van der Waals surface area contributed by atoms with Crippen LogP contribution in [0.4, 0.5) is 11.4 Å². The van der Waals surface area contributed by atoms with Crippen molar-refractivity contribution in [1.82, 2.24) is 9.13 Å². The second-order valence-electron chi connectivity index (χ2n) is 6.89. The highest BCUT2D eigenvalue weighted by molar-refractivity contribution is 7.71. The zero-order valence-corrected chi connectivity index (χ0v) is 17.7. The second-order valence-corrected chi connectivity index (χ2v) is 7.25. The number of anilines is 1. The molecule has 1 aromatic heterocycles. The van der Waals surface area contributed by atoms with E-state index in [2.05, 4.69) is 5.32 Å². The average molecular weight is 460 g/mol. The van der Waals surface area contributed by atoms with Crippen molar-refractivity contribution in [2.75, 3.05) is 5.32 Å². The molecule has 33 heavy (non-hydrogen) atoms. The molecule has 0 atom stereocenters. The van der Waals surface area contributed by atoms with Crippen LogP contribution < -0.4 is 10.9 Å². The molecule has 4 aromatic rings. The van der Waals surface area contributed by atoms with Gasteiger partial charge in [0.05, 0.1) is 16.3 Å². The summed E-state index contributed by atoms with van der Waals surface area (Å²) in [5.41, 5.74) is -0.704. The molecule has 0 radical (unpaired) electrons. The number of aromatic hydroxyl groups is 1. The highest BCUT2D eigenvalue weighted by Gasteiger charge is 2.25. The number of nitro groups is 1. The molecule has 0 unspecified atom stereocenters. The van der Waals surface area contributed by atoms with Gasteiger partial charge in [-0.05, 0) is 42.5 Å². The second kappa shape index (κ2) is 8.89. The monoisotopic (exact) mass is 460 g/mol. The fourth-order valence-corrected chi connectivity index (χ4v) is 3.68. The Kier molecular flexibility index (Phi) is 5.83. The minimum atomic E-state index is -0.942. The Bertz CT molecular complexity index is 1480. The topological polar surface area (TPSA) is 119 Å². The van der Waals surface area contributed by atoms with Crippen LogP contribution in [0.15, 0.2) is 89.7 Å². The van der Waals surface area contributed by atoms with Gasteiger partial charge >= 0.3 is 0 Å². The molecule has 0 fully saturated rings. The van der Waals surface area contributed by atoms with Crippen molar-refractivity contribution in [1.29, 1.82) is 0 Å². The Morgan fingerprint density at radius 3 is 2.06 bits per heavy atom. The predicted molar refractivity (Wildman–Crippen MR) is 125 cm³/mol. The predicted octanol–water partition coefficient (Wildman–Crippen LogP) is 4.22. The molecule has 1 heterocycles. The number of amides is 1. The maximum absolute atomic E-state index is 13.4. The van der Waals surface area contributed by atoms with E-state index in [1.165, 1.54) is 22.8 Å². The van der Waals surface area contributed by atoms with Crippen LogP contribution in [0.1, 0.15) is 10.4 Å². The molecule has 3 aromatic carbocycles. The number of nitrogens with one attached hydrogen (secondary N) is 1. The molecule has 0 spiro atoms. The quantitative estimate of drug-likeness (QED) is 0.261. The number of para-hydroxylation sites is 2. The van der Waals surface area contributed by atoms with Crippen LogP contribution in [-0.2, 0) is 0 Å². The third-order valence-corrected chi connectivity index (χ3v) is 5.17. The molecular weight excluding hydrogens is 444 g/mol. The van der Waals surface area contributed by atoms with Crippen LogP contribution in [0.25, 0.3) is 11.4 Å². The van der Waals surface area contributed by atoms with Gasteiger partial charge < -0.3 is 10.4 Å². The van der Waals surface area contributed by atoms with E-state index in [1.807, 2.05) is 0 Å². The number of nitro benzene ring substituents is 1. The van der Waals surface area contributed by atoms with Gasteiger partial charge in [-0.3, -0.25) is 28.8 Å². The lowest BCUT2D eigenvalue weighted by Gasteiger charge is -2.17. The van der Waals surface area contributed by atoms with Gasteiger partial charge in [-0.25, -0.2) is 0 Å². The van der Waals surface area contributed by atoms with Crippen molar-refractivity contribution in [3.63, 3.8) is 0 Å². The molecular formula is C23H16N4O5S. The molecule has 0 aliphatic heterocycles. The van der Waals surface area contributed by atoms with Gasteiger partial charge in [0.1, 0.15) is 0 Å². The minimum Gasteiger partial charge on any atom is -0.493 e. The summed E-state index contributed by atoms with van der Waals surface area (Å²) >= 11 is 5.51. The van der Waals surface area contributed by atoms with E-state index < -0.39 is 27.8 Å². The molecule has 4 rings (SSSR count). The molecule has 10 heteroatoms. The van der Waals surface area contributed by atoms with Crippen molar-refractivity contribution in [3.05, 3.63) is 116 Å². The highest BCUT2D eigenvalue weighted by atomic mass is 32.1. The first kappa shape index (κ1) is 21.7. The van der Waals surface area contributed by atoms with Crippen LogP contribution in [0.3, 0.4) is 0 Å². The van der Waals surface area contributed by atoms with Crippen molar-refractivity contribution >= 4 is 29.5 Å². The summed E-state index contributed by atoms with van der Waals surface area (Å²) < 4.78 is 2.32. The maximum atomic E-state index is 13.4. The third-order valence-electron chi connectivity index (χ3n) is 4.81. The van der Waals surface area contributed by atoms with Crippen LogP contribution in [0, 0.1) is 14.9 Å². The van der Waals surface area contributed by atoms with E-state index in [0.29, 0.717) is 11.4 Å². The van der Waals surface area contributed by atoms with Crippen LogP contribution in [0.2, 0.25) is 0 Å². The molecule has 1 amide bonds. The van der Waals surface area contributed by atoms with E-state index in [0.717, 1.165) is 10.6 Å². The summed E-state index contributed by atoms with van der Waals surface area (Å²) in [6, 6.07) is 22.3. The Hall–Kier alpha value is -4.57. The summed E-state index contributed by atoms with van der Waals surface area (Å²) in [5, 5.41) is 24.5. The standard InChI is InChI=1S/C23H16N4O5S/c28-20(24-15-8-7-13-18(14-15)27(31)32)19-21(29)25(16-9-3-1-4-10-16)23(33)26(22(19)30)17-11-5-2-6-12-17/h1-14,29H,(H,24,28). The smallest absolute Gasteiger partial charge is 0.275 e. The number of hydrogen-bond donors (Lipinski definition) is 2. The fraction of sp³-hybridized carbons (Fsp3) is 0. The number of benzene rings is 3. The largest absolute Gasteiger partial charge is 0.493 e. The van der Waals surface area contributed by atoms with E-state index in [1.54, 1.807) is 60.7 Å². The first-order chi connectivity index (χ1) is 15.9. The van der Waals surface area contributed by atoms with Gasteiger partial charge in [0, 0.05) is 17.8 Å². The summed E-state index contributed by atoms with van der Waals surface area (Å²) in [6.07, 6.45) is 0. The zero-order valence-electron chi connectivity index (χ0n) is 16.9. The lowest BCUT2D eigenvalue weighted by molar-refractivity contribution is -0.384. The van der Waals surface area contributed by atoms with Gasteiger partial charge in [0.2, 0.25) is 5.88 Å². The van der Waals surface area contributed by atoms with Crippen molar-refractivity contribution in [2.24, 2.45) is 0 Å². The summed E-state index contributed by atoms with van der Waals surface area (Å²) in [4.78, 5) is 36.9. The van der Waals surface area contributed by atoms with E-state index in [-0.39, 0.29) is 16.1 Å². The maximum Gasteiger partial charge on any atom is 0.275 e. The van der Waals surface area contributed by atoms with Gasteiger partial charge in [-0.15, -0.1) is 0 Å². The van der Waals surface area contributed by atoms with Crippen LogP contribution >= 0.6 is 12.2 Å². The van der Waals surface area contributed by atoms with Crippen molar-refractivity contribution < 1.29 is 14.8 Å². The highest BCUT2D eigenvalue weighted by Crippen LogP contribution is 2.24. The van der Waals surface area contributed by atoms with Crippen LogP contribution in [0.5, 0.6) is 5.88 Å². The number of aromatic nitrogens is 2. The third kappa shape index (κ3) is 4.14. The molecule has 0 saturated carbocycles. The van der Waals surface area contributed by atoms with Gasteiger partial charge in [-0.2, -0.15) is 0 Å². The van der Waals surface area contributed by atoms with Gasteiger partial charge in [0.25, 0.3) is 17.2 Å². The molecule has 0 aliphatic rings. The lowest BCUT2D eigenvalue weighted by atomic mass is 10.2. The zero-order chi connectivity index (χ0) is 23.5. The lowest BCUT2D eigenvalue weighted by Crippen LogP contribution is -2.32. The Morgan fingerprint density at radius 2 is 1.48 bits per heavy atom. The normalized spacial score (nSPS) is 10.5. The van der Waals surface area contributed by atoms with E-state index in [4.69, 9.17) is 12.2 Å². The molecule has 2 N–H and O–H groups in total. The van der Waals surface area contributed by atoms with Gasteiger partial charge in [0.15, 0.2) is 10.3 Å². The summed E-state index contributed by atoms with van der Waals surface area (Å²) in [6.45, 7) is 0. The number of carbonyl (C=O) groups is 1. The average Bonchev–Trinajstić information content (AvgIpc) is 2.80. The first-order valence-corrected chi connectivity index (χ1v) is 10.1. The molecule has 0 saturated heterocycles. The van der Waals surface area contributed by atoms with Crippen molar-refractivity contribution in [3.8, 4) is 17.3 Å². The van der Waals surface area contributed by atoms with Crippen molar-refractivity contribution in [2.45, 2.75) is 0 Å². The minimum absolute atomic E-state index is 0.0400. The number of nitrogens with zero attached hydrogens (tertiary/aromatic N) is 3. The van der Waals surface area contributed by atoms with Crippen LogP contribution in [-0.4, -0.2) is 25.1 Å². The Morgan fingerprint density at radius 1 is 0.909 bits per heavy atom. The molecule has 164 valence electrons. The van der Waals surface area contributed by atoms with E-state index >= 15 is 0 Å². The number of non-ortho nitro benzene ring substituents is 1. The Balaban J connectivity index is 1.94. The molecule has 0 bridgehead atoms. The SMILES string of the molecule is O=C(Nc1cccc([N+](=O)[O-])c1)c1c(O)n(-c2ccccc2)c(=S)n(-c2ccccc2)c1=O. The summed E-state index contributed by atoms with van der Waals surface area (Å²) in [7, 11) is 0. The van der Waals surface area contributed by atoms with Gasteiger partial charge in [-0.1, -0.05) is 42.5 Å². The first-order valence-electron chi connectivity index (χ1n) is 9.66. The van der Waals surface area contributed by atoms with E-state index in [9.17, 15) is 24.8 Å². The number of carbonyl (C=O) groups excluding carboxylic acids is 1. The number of rotatable bonds is 5. The molecule has 0 aliphatic carbocycles. The Labute approximate surface area is 192 Å².